The van der Waals surface area contributed by atoms with Crippen molar-refractivity contribution in [2.75, 3.05) is 13.7 Å². The summed E-state index contributed by atoms with van der Waals surface area (Å²) in [4.78, 5) is 38.5. The number of benzene rings is 1. The zero-order valence-electron chi connectivity index (χ0n) is 15.0. The van der Waals surface area contributed by atoms with E-state index in [0.717, 1.165) is 5.56 Å². The van der Waals surface area contributed by atoms with Gasteiger partial charge in [0.15, 0.2) is 0 Å². The van der Waals surface area contributed by atoms with Crippen LogP contribution in [0.2, 0.25) is 0 Å². The number of carboxylic acid groups (broad SMARTS) is 1. The molecule has 0 saturated heterocycles. The van der Waals surface area contributed by atoms with Gasteiger partial charge in [-0.1, -0.05) is 18.2 Å². The predicted molar refractivity (Wildman–Crippen MR) is 96.7 cm³/mol. The number of amides is 1. The van der Waals surface area contributed by atoms with E-state index in [1.54, 1.807) is 44.2 Å². The van der Waals surface area contributed by atoms with Crippen molar-refractivity contribution >= 4 is 11.9 Å². The van der Waals surface area contributed by atoms with Gasteiger partial charge in [-0.2, -0.15) is 0 Å². The van der Waals surface area contributed by atoms with E-state index in [2.05, 4.69) is 10.3 Å². The second-order valence-corrected chi connectivity index (χ2v) is 6.10. The van der Waals surface area contributed by atoms with Crippen molar-refractivity contribution in [3.05, 3.63) is 63.1 Å². The fourth-order valence-corrected chi connectivity index (χ4v) is 2.82. The van der Waals surface area contributed by atoms with E-state index in [1.165, 1.54) is 7.11 Å². The quantitative estimate of drug-likeness (QED) is 0.698. The molecule has 26 heavy (non-hydrogen) atoms. The lowest BCUT2D eigenvalue weighted by Crippen LogP contribution is -2.37. The molecule has 2 aromatic rings. The first-order valence-corrected chi connectivity index (χ1v) is 8.17. The lowest BCUT2D eigenvalue weighted by atomic mass is 9.98. The molecule has 138 valence electrons. The molecule has 0 aliphatic heterocycles. The zero-order valence-corrected chi connectivity index (χ0v) is 15.0. The third-order valence-electron chi connectivity index (χ3n) is 4.11. The third-order valence-corrected chi connectivity index (χ3v) is 4.11. The van der Waals surface area contributed by atoms with Crippen LogP contribution in [0, 0.1) is 19.8 Å². The Morgan fingerprint density at radius 3 is 2.58 bits per heavy atom. The number of ether oxygens (including phenoxy) is 1. The molecule has 1 aromatic heterocycles. The van der Waals surface area contributed by atoms with Crippen molar-refractivity contribution in [1.29, 1.82) is 0 Å². The molecule has 0 aliphatic rings. The summed E-state index contributed by atoms with van der Waals surface area (Å²) in [5, 5.41) is 12.0. The van der Waals surface area contributed by atoms with Crippen LogP contribution in [0.5, 0.6) is 5.75 Å². The number of aromatic nitrogens is 1. The number of carbonyl (C=O) groups excluding carboxylic acids is 1. The van der Waals surface area contributed by atoms with Crippen LogP contribution < -0.4 is 15.6 Å². The Morgan fingerprint density at radius 1 is 1.27 bits per heavy atom. The van der Waals surface area contributed by atoms with E-state index < -0.39 is 23.4 Å². The van der Waals surface area contributed by atoms with E-state index in [0.29, 0.717) is 17.0 Å². The van der Waals surface area contributed by atoms with Gasteiger partial charge in [0, 0.05) is 12.2 Å². The Morgan fingerprint density at radius 2 is 1.96 bits per heavy atom. The highest BCUT2D eigenvalue weighted by Gasteiger charge is 2.22. The summed E-state index contributed by atoms with van der Waals surface area (Å²) in [6.45, 7) is 3.30. The number of rotatable bonds is 7. The van der Waals surface area contributed by atoms with Crippen LogP contribution in [0.25, 0.3) is 0 Å². The second kappa shape index (κ2) is 8.33. The molecule has 1 unspecified atom stereocenters. The molecule has 0 fully saturated rings. The van der Waals surface area contributed by atoms with Gasteiger partial charge in [-0.05, 0) is 43.5 Å². The molecule has 0 spiro atoms. The van der Waals surface area contributed by atoms with Crippen LogP contribution in [0.1, 0.15) is 27.2 Å². The van der Waals surface area contributed by atoms with Crippen molar-refractivity contribution < 1.29 is 19.4 Å². The highest BCUT2D eigenvalue weighted by molar-refractivity contribution is 5.95. The number of pyridine rings is 1. The molecular formula is C19H22N2O5. The molecule has 0 aliphatic carbocycles. The first-order chi connectivity index (χ1) is 12.3. The molecule has 0 radical (unpaired) electrons. The van der Waals surface area contributed by atoms with Crippen LogP contribution in [0.3, 0.4) is 0 Å². The van der Waals surface area contributed by atoms with Crippen LogP contribution in [-0.4, -0.2) is 35.6 Å². The average Bonchev–Trinajstić information content (AvgIpc) is 2.57. The number of hydrogen-bond donors (Lipinski definition) is 3. The molecule has 0 saturated carbocycles. The van der Waals surface area contributed by atoms with Gasteiger partial charge in [-0.3, -0.25) is 14.4 Å². The molecule has 1 aromatic carbocycles. The van der Waals surface area contributed by atoms with E-state index in [9.17, 15) is 19.5 Å². The standard InChI is InChI=1S/C19H22N2O5/c1-11-8-12(2)21-18(23)16(11)17(22)20-10-14(19(24)25)9-13-6-4-5-7-15(13)26-3/h4-8,14H,9-10H2,1-3H3,(H,20,22)(H,21,23)(H,24,25). The molecule has 7 nitrogen and oxygen atoms in total. The molecule has 7 heteroatoms. The van der Waals surface area contributed by atoms with Crippen molar-refractivity contribution in [2.45, 2.75) is 20.3 Å². The number of hydrogen-bond acceptors (Lipinski definition) is 4. The smallest absolute Gasteiger partial charge is 0.308 e. The first-order valence-electron chi connectivity index (χ1n) is 8.17. The van der Waals surface area contributed by atoms with Crippen molar-refractivity contribution in [2.24, 2.45) is 5.92 Å². The number of para-hydroxylation sites is 1. The van der Waals surface area contributed by atoms with Gasteiger partial charge in [-0.25, -0.2) is 0 Å². The molecule has 1 amide bonds. The number of H-pyrrole nitrogens is 1. The maximum absolute atomic E-state index is 12.4. The number of methoxy groups -OCH3 is 1. The minimum absolute atomic E-state index is 0.00275. The lowest BCUT2D eigenvalue weighted by molar-refractivity contribution is -0.141. The van der Waals surface area contributed by atoms with Gasteiger partial charge in [0.25, 0.3) is 11.5 Å². The number of aliphatic carboxylic acids is 1. The number of carbonyl (C=O) groups is 2. The van der Waals surface area contributed by atoms with Crippen molar-refractivity contribution in [3.8, 4) is 5.75 Å². The minimum atomic E-state index is -1.04. The largest absolute Gasteiger partial charge is 0.496 e. The monoisotopic (exact) mass is 358 g/mol. The lowest BCUT2D eigenvalue weighted by Gasteiger charge is -2.16. The Labute approximate surface area is 151 Å². The van der Waals surface area contributed by atoms with Crippen LogP contribution in [-0.2, 0) is 11.2 Å². The SMILES string of the molecule is COc1ccccc1CC(CNC(=O)c1c(C)cc(C)[nH]c1=O)C(=O)O. The van der Waals surface area contributed by atoms with Gasteiger partial charge < -0.3 is 20.1 Å². The fourth-order valence-electron chi connectivity index (χ4n) is 2.82. The summed E-state index contributed by atoms with van der Waals surface area (Å²) in [6.07, 6.45) is 0.197. The Kier molecular flexibility index (Phi) is 6.16. The van der Waals surface area contributed by atoms with Crippen LogP contribution >= 0.6 is 0 Å². The summed E-state index contributed by atoms with van der Waals surface area (Å²) in [7, 11) is 1.52. The zero-order chi connectivity index (χ0) is 19.3. The summed E-state index contributed by atoms with van der Waals surface area (Å²) >= 11 is 0. The van der Waals surface area contributed by atoms with E-state index >= 15 is 0 Å². The fraction of sp³-hybridized carbons (Fsp3) is 0.316. The van der Waals surface area contributed by atoms with Crippen LogP contribution in [0.4, 0.5) is 0 Å². The number of aromatic amines is 1. The maximum atomic E-state index is 12.4. The molecule has 0 bridgehead atoms. The van der Waals surface area contributed by atoms with E-state index in [1.807, 2.05) is 0 Å². The van der Waals surface area contributed by atoms with Gasteiger partial charge in [0.05, 0.1) is 13.0 Å². The minimum Gasteiger partial charge on any atom is -0.496 e. The van der Waals surface area contributed by atoms with E-state index in [4.69, 9.17) is 4.74 Å². The molecule has 2 rings (SSSR count). The molecule has 1 atom stereocenters. The van der Waals surface area contributed by atoms with E-state index in [-0.39, 0.29) is 18.5 Å². The highest BCUT2D eigenvalue weighted by Crippen LogP contribution is 2.21. The summed E-state index contributed by atoms with van der Waals surface area (Å²) in [5.74, 6) is -1.88. The Hall–Kier alpha value is -3.09. The van der Waals surface area contributed by atoms with Gasteiger partial charge in [-0.15, -0.1) is 0 Å². The molecular weight excluding hydrogens is 336 g/mol. The summed E-state index contributed by atoms with van der Waals surface area (Å²) in [6, 6.07) is 8.82. The molecule has 1 heterocycles. The van der Waals surface area contributed by atoms with Crippen molar-refractivity contribution in [1.82, 2.24) is 10.3 Å². The maximum Gasteiger partial charge on any atom is 0.308 e. The Balaban J connectivity index is 2.13. The summed E-state index contributed by atoms with van der Waals surface area (Å²) in [5.41, 5.74) is 1.44. The number of nitrogens with one attached hydrogen (secondary N) is 2. The predicted octanol–water partition coefficient (Wildman–Crippen LogP) is 1.67. The van der Waals surface area contributed by atoms with Gasteiger partial charge in [0.1, 0.15) is 11.3 Å². The highest BCUT2D eigenvalue weighted by atomic mass is 16.5. The van der Waals surface area contributed by atoms with Crippen molar-refractivity contribution in [3.63, 3.8) is 0 Å². The summed E-state index contributed by atoms with van der Waals surface area (Å²) < 4.78 is 5.24. The first kappa shape index (κ1) is 19.2. The van der Waals surface area contributed by atoms with Gasteiger partial charge in [0.2, 0.25) is 0 Å². The topological polar surface area (TPSA) is 108 Å². The number of aryl methyl sites for hydroxylation is 2. The van der Waals surface area contributed by atoms with Crippen LogP contribution in [0.15, 0.2) is 35.1 Å². The van der Waals surface area contributed by atoms with Gasteiger partial charge >= 0.3 is 5.97 Å². The number of carboxylic acids is 1. The second-order valence-electron chi connectivity index (χ2n) is 6.10. The normalized spacial score (nSPS) is 11.7. The third kappa shape index (κ3) is 4.50. The Bertz CT molecular complexity index is 872. The average molecular weight is 358 g/mol. The molecule has 3 N–H and O–H groups in total.